The number of benzene rings is 1. The van der Waals surface area contributed by atoms with Crippen molar-refractivity contribution in [2.45, 2.75) is 20.0 Å². The minimum atomic E-state index is -0.426. The largest absolute Gasteiger partial charge is 0.462 e. The van der Waals surface area contributed by atoms with E-state index >= 15 is 0 Å². The van der Waals surface area contributed by atoms with Crippen molar-refractivity contribution in [2.24, 2.45) is 0 Å². The maximum Gasteiger partial charge on any atom is 0.348 e. The second kappa shape index (κ2) is 8.15. The molecule has 0 aliphatic heterocycles. The minimum Gasteiger partial charge on any atom is -0.462 e. The van der Waals surface area contributed by atoms with Crippen LogP contribution in [0.4, 0.5) is 5.00 Å². The van der Waals surface area contributed by atoms with Gasteiger partial charge >= 0.3 is 5.97 Å². The summed E-state index contributed by atoms with van der Waals surface area (Å²) in [6.45, 7) is 3.27. The van der Waals surface area contributed by atoms with E-state index in [4.69, 9.17) is 22.1 Å². The van der Waals surface area contributed by atoms with Gasteiger partial charge < -0.3 is 15.4 Å². The van der Waals surface area contributed by atoms with Crippen LogP contribution in [0.5, 0.6) is 0 Å². The third-order valence-corrected chi connectivity index (χ3v) is 4.80. The van der Waals surface area contributed by atoms with Crippen molar-refractivity contribution >= 4 is 33.9 Å². The number of esters is 1. The highest BCUT2D eigenvalue weighted by atomic mass is 35.5. The van der Waals surface area contributed by atoms with Crippen molar-refractivity contribution in [3.05, 3.63) is 50.9 Å². The van der Waals surface area contributed by atoms with E-state index in [1.165, 1.54) is 0 Å². The van der Waals surface area contributed by atoms with Gasteiger partial charge in [-0.15, -0.1) is 11.3 Å². The van der Waals surface area contributed by atoms with Crippen LogP contribution < -0.4 is 10.6 Å². The van der Waals surface area contributed by atoms with Gasteiger partial charge in [0.25, 0.3) is 0 Å². The average Bonchev–Trinajstić information content (AvgIpc) is 2.85. The maximum atomic E-state index is 12.1. The number of carbonyl (C=O) groups is 1. The molecular weight excluding hydrogens is 346 g/mol. The third-order valence-electron chi connectivity index (χ3n) is 3.50. The second-order valence-electron chi connectivity index (χ2n) is 5.42. The summed E-state index contributed by atoms with van der Waals surface area (Å²) in [6, 6.07) is 9.72. The highest BCUT2D eigenvalue weighted by molar-refractivity contribution is 7.18. The summed E-state index contributed by atoms with van der Waals surface area (Å²) in [5.41, 5.74) is 8.05. The predicted octanol–water partition coefficient (Wildman–Crippen LogP) is 2.25. The number of nitriles is 1. The van der Waals surface area contributed by atoms with Gasteiger partial charge in [0.05, 0.1) is 24.8 Å². The molecule has 1 aromatic carbocycles. The number of nitrogens with one attached hydrogen (secondary N) is 1. The average molecular weight is 365 g/mol. The third kappa shape index (κ3) is 4.26. The Labute approximate surface area is 150 Å². The molecule has 0 saturated heterocycles. The molecule has 0 aliphatic rings. The Morgan fingerprint density at radius 3 is 2.62 bits per heavy atom. The fraction of sp³-hybridized carbons (Fsp3) is 0.294. The van der Waals surface area contributed by atoms with Crippen LogP contribution >= 0.6 is 22.9 Å². The van der Waals surface area contributed by atoms with Crippen LogP contribution in [0.2, 0.25) is 5.02 Å². The van der Waals surface area contributed by atoms with Gasteiger partial charge in [-0.3, -0.25) is 0 Å². The summed E-state index contributed by atoms with van der Waals surface area (Å²) in [5, 5.41) is 10.4. The smallest absolute Gasteiger partial charge is 0.348 e. The second-order valence-corrected chi connectivity index (χ2v) is 6.91. The van der Waals surface area contributed by atoms with Gasteiger partial charge in [0.1, 0.15) is 29.0 Å². The SMILES string of the molecule is CCOC(=O)c1sc(N)c(C#N)c1C[NH+](C)Cc1ccc(Cl)cc1. The first-order valence-electron chi connectivity index (χ1n) is 7.50. The molecule has 0 saturated carbocycles. The Hall–Kier alpha value is -2.07. The summed E-state index contributed by atoms with van der Waals surface area (Å²) in [6.07, 6.45) is 0. The molecule has 1 unspecified atom stereocenters. The molecule has 0 spiro atoms. The maximum absolute atomic E-state index is 12.1. The summed E-state index contributed by atoms with van der Waals surface area (Å²) in [4.78, 5) is 13.7. The number of anilines is 1. The highest BCUT2D eigenvalue weighted by Crippen LogP contribution is 2.30. The number of hydrogen-bond donors (Lipinski definition) is 2. The Bertz CT molecular complexity index is 765. The molecule has 0 fully saturated rings. The Kier molecular flexibility index (Phi) is 6.21. The lowest BCUT2D eigenvalue weighted by Crippen LogP contribution is -3.06. The summed E-state index contributed by atoms with van der Waals surface area (Å²) in [5.74, 6) is -0.426. The summed E-state index contributed by atoms with van der Waals surface area (Å²) in [7, 11) is 2.00. The number of nitrogens with two attached hydrogens (primary N) is 1. The number of ether oxygens (including phenoxy) is 1. The van der Waals surface area contributed by atoms with Crippen molar-refractivity contribution in [3.8, 4) is 6.07 Å². The number of nitrogen functional groups attached to an aromatic ring is 1. The van der Waals surface area contributed by atoms with Crippen molar-refractivity contribution in [1.82, 2.24) is 0 Å². The number of hydrogen-bond acceptors (Lipinski definition) is 5. The molecule has 7 heteroatoms. The number of quaternary nitrogens is 1. The van der Waals surface area contributed by atoms with Crippen LogP contribution in [0, 0.1) is 11.3 Å². The van der Waals surface area contributed by atoms with Crippen LogP contribution in [0.1, 0.15) is 33.3 Å². The fourth-order valence-electron chi connectivity index (χ4n) is 2.45. The molecule has 1 aromatic heterocycles. The highest BCUT2D eigenvalue weighted by Gasteiger charge is 2.25. The first kappa shape index (κ1) is 18.3. The van der Waals surface area contributed by atoms with Crippen molar-refractivity contribution < 1.29 is 14.4 Å². The van der Waals surface area contributed by atoms with Crippen LogP contribution in [-0.4, -0.2) is 19.6 Å². The molecule has 0 aliphatic carbocycles. The van der Waals surface area contributed by atoms with Gasteiger partial charge in [-0.1, -0.05) is 23.7 Å². The van der Waals surface area contributed by atoms with Crippen molar-refractivity contribution in [2.75, 3.05) is 19.4 Å². The van der Waals surface area contributed by atoms with Crippen molar-refractivity contribution in [3.63, 3.8) is 0 Å². The molecule has 1 heterocycles. The molecule has 2 aromatic rings. The number of halogens is 1. The molecule has 2 rings (SSSR count). The topological polar surface area (TPSA) is 80.5 Å². The Morgan fingerprint density at radius 2 is 2.04 bits per heavy atom. The Balaban J connectivity index is 2.22. The van der Waals surface area contributed by atoms with Gasteiger partial charge in [-0.2, -0.15) is 5.26 Å². The molecule has 0 amide bonds. The standard InChI is InChI=1S/C17H18ClN3O2S/c1-3-23-17(22)15-14(13(8-19)16(20)24-15)10-21(2)9-11-4-6-12(18)7-5-11/h4-7H,3,9-10,20H2,1-2H3/p+1. The minimum absolute atomic E-state index is 0.283. The Morgan fingerprint density at radius 1 is 1.38 bits per heavy atom. The molecule has 24 heavy (non-hydrogen) atoms. The molecule has 5 nitrogen and oxygen atoms in total. The summed E-state index contributed by atoms with van der Waals surface area (Å²) >= 11 is 7.01. The lowest BCUT2D eigenvalue weighted by atomic mass is 10.1. The van der Waals surface area contributed by atoms with Crippen molar-refractivity contribution in [1.29, 1.82) is 5.26 Å². The fourth-order valence-corrected chi connectivity index (χ4v) is 3.51. The zero-order chi connectivity index (χ0) is 17.7. The van der Waals surface area contributed by atoms with E-state index in [1.807, 2.05) is 31.3 Å². The number of rotatable bonds is 6. The van der Waals surface area contributed by atoms with Gasteiger partial charge in [-0.25, -0.2) is 4.79 Å². The van der Waals surface area contributed by atoms with Gasteiger partial charge in [0, 0.05) is 10.6 Å². The molecule has 1 atom stereocenters. The molecule has 0 bridgehead atoms. The van der Waals surface area contributed by atoms with E-state index in [0.29, 0.717) is 32.6 Å². The van der Waals surface area contributed by atoms with Crippen LogP contribution in [-0.2, 0) is 17.8 Å². The molecule has 3 N–H and O–H groups in total. The predicted molar refractivity (Wildman–Crippen MR) is 95.1 cm³/mol. The van der Waals surface area contributed by atoms with Crippen LogP contribution in [0.25, 0.3) is 0 Å². The zero-order valence-corrected chi connectivity index (χ0v) is 15.1. The number of carbonyl (C=O) groups excluding carboxylic acids is 1. The van der Waals surface area contributed by atoms with E-state index in [0.717, 1.165) is 28.3 Å². The van der Waals surface area contributed by atoms with Crippen LogP contribution in [0.3, 0.4) is 0 Å². The van der Waals surface area contributed by atoms with E-state index < -0.39 is 5.97 Å². The first-order chi connectivity index (χ1) is 11.5. The zero-order valence-electron chi connectivity index (χ0n) is 13.6. The van der Waals surface area contributed by atoms with Gasteiger partial charge in [-0.05, 0) is 19.1 Å². The monoisotopic (exact) mass is 364 g/mol. The van der Waals surface area contributed by atoms with E-state index in [2.05, 4.69) is 6.07 Å². The van der Waals surface area contributed by atoms with Crippen LogP contribution in [0.15, 0.2) is 24.3 Å². The lowest BCUT2D eigenvalue weighted by Gasteiger charge is -2.15. The summed E-state index contributed by atoms with van der Waals surface area (Å²) < 4.78 is 5.08. The van der Waals surface area contributed by atoms with Gasteiger partial charge in [0.15, 0.2) is 0 Å². The number of nitrogens with zero attached hydrogens (tertiary/aromatic N) is 1. The molecular formula is C17H19ClN3O2S+. The van der Waals surface area contributed by atoms with E-state index in [1.54, 1.807) is 6.92 Å². The molecule has 126 valence electrons. The van der Waals surface area contributed by atoms with E-state index in [9.17, 15) is 10.1 Å². The normalized spacial score (nSPS) is 11.8. The van der Waals surface area contributed by atoms with Gasteiger partial charge in [0.2, 0.25) is 0 Å². The quantitative estimate of drug-likeness (QED) is 0.770. The lowest BCUT2D eigenvalue weighted by molar-refractivity contribution is -0.907. The number of thiophene rings is 1. The van der Waals surface area contributed by atoms with E-state index in [-0.39, 0.29) is 6.61 Å². The molecule has 0 radical (unpaired) electrons. The first-order valence-corrected chi connectivity index (χ1v) is 8.69.